The number of benzene rings is 1. The highest BCUT2D eigenvalue weighted by molar-refractivity contribution is 5.94. The Morgan fingerprint density at radius 2 is 2.00 bits per heavy atom. The summed E-state index contributed by atoms with van der Waals surface area (Å²) in [4.78, 5) is 21.6. The van der Waals surface area contributed by atoms with Gasteiger partial charge in [-0.05, 0) is 68.9 Å². The molecular formula is C32H29F3N4O4. The Labute approximate surface area is 245 Å². The van der Waals surface area contributed by atoms with Crippen LogP contribution in [0.15, 0.2) is 53.2 Å². The Morgan fingerprint density at radius 3 is 2.70 bits per heavy atom. The highest BCUT2D eigenvalue weighted by Crippen LogP contribution is 2.54. The Hall–Kier alpha value is -4.41. The lowest BCUT2D eigenvalue weighted by molar-refractivity contribution is -0.140. The van der Waals surface area contributed by atoms with Gasteiger partial charge in [0, 0.05) is 58.9 Å². The van der Waals surface area contributed by atoms with Crippen LogP contribution in [-0.4, -0.2) is 45.9 Å². The Kier molecular flexibility index (Phi) is 6.44. The molecule has 1 aromatic carbocycles. The zero-order valence-corrected chi connectivity index (χ0v) is 23.4. The summed E-state index contributed by atoms with van der Waals surface area (Å²) in [6, 6.07) is 10.1. The SMILES string of the molecule is CCOc1cc(C(=O)O)nc2ccc(N3CC4(CC(C=Cc5c(-c6cccnc6C(F)(F)F)noc5C5CC5)C4)C3)cc12. The predicted octanol–water partition coefficient (Wildman–Crippen LogP) is 7.21. The Bertz CT molecular complexity index is 1750. The van der Waals surface area contributed by atoms with Crippen LogP contribution in [0.1, 0.15) is 66.0 Å². The molecule has 7 rings (SSSR count). The van der Waals surface area contributed by atoms with Crippen LogP contribution < -0.4 is 9.64 Å². The van der Waals surface area contributed by atoms with Crippen LogP contribution in [0.2, 0.25) is 0 Å². The molecule has 0 atom stereocenters. The number of carbonyl (C=O) groups is 1. The fraction of sp³-hybridized carbons (Fsp3) is 0.375. The number of alkyl halides is 3. The van der Waals surface area contributed by atoms with Gasteiger partial charge in [0.15, 0.2) is 11.4 Å². The molecule has 1 spiro atoms. The molecule has 222 valence electrons. The van der Waals surface area contributed by atoms with E-state index < -0.39 is 17.8 Å². The minimum Gasteiger partial charge on any atom is -0.493 e. The van der Waals surface area contributed by atoms with E-state index in [1.54, 1.807) is 0 Å². The van der Waals surface area contributed by atoms with Crippen LogP contribution >= 0.6 is 0 Å². The van der Waals surface area contributed by atoms with Gasteiger partial charge in [-0.1, -0.05) is 17.3 Å². The van der Waals surface area contributed by atoms with Gasteiger partial charge in [-0.3, -0.25) is 4.98 Å². The molecule has 0 amide bonds. The average molecular weight is 591 g/mol. The molecule has 1 saturated heterocycles. The lowest BCUT2D eigenvalue weighted by Crippen LogP contribution is -2.62. The zero-order chi connectivity index (χ0) is 29.9. The smallest absolute Gasteiger partial charge is 0.434 e. The van der Waals surface area contributed by atoms with Crippen molar-refractivity contribution in [3.05, 3.63) is 71.4 Å². The molecule has 11 heteroatoms. The number of rotatable bonds is 8. The average Bonchev–Trinajstić information content (AvgIpc) is 3.70. The van der Waals surface area contributed by atoms with Crippen molar-refractivity contribution in [3.63, 3.8) is 0 Å². The van der Waals surface area contributed by atoms with Gasteiger partial charge in [0.1, 0.15) is 17.2 Å². The minimum absolute atomic E-state index is 0.0519. The maximum Gasteiger partial charge on any atom is 0.434 e. The first-order chi connectivity index (χ1) is 20.6. The number of anilines is 1. The van der Waals surface area contributed by atoms with E-state index in [9.17, 15) is 23.1 Å². The van der Waals surface area contributed by atoms with E-state index in [-0.39, 0.29) is 28.3 Å². The number of pyridine rings is 2. The summed E-state index contributed by atoms with van der Waals surface area (Å²) >= 11 is 0. The molecule has 1 N–H and O–H groups in total. The number of fused-ring (bicyclic) bond motifs is 1. The number of halogens is 3. The number of aromatic carboxylic acids is 1. The first-order valence-corrected chi connectivity index (χ1v) is 14.4. The van der Waals surface area contributed by atoms with E-state index in [0.29, 0.717) is 35.1 Å². The number of hydrogen-bond donors (Lipinski definition) is 1. The second-order valence-corrected chi connectivity index (χ2v) is 11.8. The summed E-state index contributed by atoms with van der Waals surface area (Å²) in [6.45, 7) is 4.05. The second-order valence-electron chi connectivity index (χ2n) is 11.8. The molecule has 3 aliphatic rings. The van der Waals surface area contributed by atoms with Crippen molar-refractivity contribution in [1.29, 1.82) is 0 Å². The molecule has 0 radical (unpaired) electrons. The Balaban J connectivity index is 1.06. The van der Waals surface area contributed by atoms with Crippen LogP contribution in [-0.2, 0) is 6.18 Å². The van der Waals surface area contributed by atoms with Gasteiger partial charge >= 0.3 is 12.1 Å². The van der Waals surface area contributed by atoms with Crippen molar-refractivity contribution in [2.45, 2.75) is 44.7 Å². The standard InChI is InChI=1S/C32H29F3N4O4/c1-2-42-26-13-25(30(40)41)37-24-10-8-20(12-23(24)26)39-16-31(17-39)14-18(15-31)5-9-21-27(38-43-28(21)19-6-7-19)22-4-3-11-36-29(22)32(33,34)35/h3-5,8-13,18-19H,2,6-7,14-17H2,1H3,(H,40,41). The van der Waals surface area contributed by atoms with E-state index in [1.807, 2.05) is 31.2 Å². The highest BCUT2D eigenvalue weighted by atomic mass is 19.4. The summed E-state index contributed by atoms with van der Waals surface area (Å²) < 4.78 is 52.4. The normalized spacial score (nSPS) is 18.3. The zero-order valence-electron chi connectivity index (χ0n) is 23.4. The monoisotopic (exact) mass is 590 g/mol. The van der Waals surface area contributed by atoms with E-state index in [1.165, 1.54) is 18.2 Å². The molecule has 1 aliphatic heterocycles. The van der Waals surface area contributed by atoms with Crippen molar-refractivity contribution < 1.29 is 32.3 Å². The number of allylic oxidation sites excluding steroid dienone is 1. The maximum absolute atomic E-state index is 13.7. The van der Waals surface area contributed by atoms with Gasteiger partial charge in [0.25, 0.3) is 0 Å². The highest BCUT2D eigenvalue weighted by Gasteiger charge is 2.51. The summed E-state index contributed by atoms with van der Waals surface area (Å²) in [6.07, 6.45) is 4.39. The molecule has 4 aromatic rings. The molecule has 0 bridgehead atoms. The van der Waals surface area contributed by atoms with E-state index in [2.05, 4.69) is 26.1 Å². The molecule has 0 unspecified atom stereocenters. The van der Waals surface area contributed by atoms with Gasteiger partial charge < -0.3 is 19.3 Å². The van der Waals surface area contributed by atoms with E-state index >= 15 is 0 Å². The topological polar surface area (TPSA) is 102 Å². The third-order valence-electron chi connectivity index (χ3n) is 8.65. The van der Waals surface area contributed by atoms with Crippen LogP contribution in [0.3, 0.4) is 0 Å². The molecule has 3 fully saturated rings. The van der Waals surface area contributed by atoms with Crippen molar-refractivity contribution >= 4 is 28.6 Å². The fourth-order valence-electron chi connectivity index (χ4n) is 6.52. The van der Waals surface area contributed by atoms with Gasteiger partial charge in [-0.25, -0.2) is 9.78 Å². The van der Waals surface area contributed by atoms with Gasteiger partial charge in [0.2, 0.25) is 0 Å². The van der Waals surface area contributed by atoms with Crippen molar-refractivity contribution in [2.75, 3.05) is 24.6 Å². The molecule has 8 nitrogen and oxygen atoms in total. The number of nitrogens with zero attached hydrogens (tertiary/aromatic N) is 4. The van der Waals surface area contributed by atoms with Gasteiger partial charge in [-0.15, -0.1) is 0 Å². The number of hydrogen-bond acceptors (Lipinski definition) is 7. The lowest BCUT2D eigenvalue weighted by atomic mass is 9.57. The maximum atomic E-state index is 13.7. The number of carboxylic acids is 1. The summed E-state index contributed by atoms with van der Waals surface area (Å²) in [5.74, 6) is 0.559. The number of aromatic nitrogens is 3. The molecule has 2 aliphatic carbocycles. The van der Waals surface area contributed by atoms with Crippen molar-refractivity contribution in [2.24, 2.45) is 11.3 Å². The predicted molar refractivity (Wildman–Crippen MR) is 153 cm³/mol. The summed E-state index contributed by atoms with van der Waals surface area (Å²) in [5, 5.41) is 14.3. The Morgan fingerprint density at radius 1 is 1.21 bits per heavy atom. The van der Waals surface area contributed by atoms with Crippen molar-refractivity contribution in [1.82, 2.24) is 15.1 Å². The minimum atomic E-state index is -4.60. The quantitative estimate of drug-likeness (QED) is 0.230. The van der Waals surface area contributed by atoms with Crippen LogP contribution in [0.5, 0.6) is 5.75 Å². The van der Waals surface area contributed by atoms with Crippen LogP contribution in [0, 0.1) is 11.3 Å². The molecule has 2 saturated carbocycles. The third kappa shape index (κ3) is 5.00. The number of carboxylic acid groups (broad SMARTS) is 1. The van der Waals surface area contributed by atoms with Gasteiger partial charge in [-0.2, -0.15) is 13.2 Å². The first kappa shape index (κ1) is 27.4. The number of ether oxygens (including phenoxy) is 1. The molecule has 3 aromatic heterocycles. The lowest BCUT2D eigenvalue weighted by Gasteiger charge is -2.59. The first-order valence-electron chi connectivity index (χ1n) is 14.4. The molecule has 4 heterocycles. The van der Waals surface area contributed by atoms with Crippen LogP contribution in [0.4, 0.5) is 18.9 Å². The van der Waals surface area contributed by atoms with Crippen LogP contribution in [0.25, 0.3) is 28.2 Å². The van der Waals surface area contributed by atoms with E-state index in [0.717, 1.165) is 56.0 Å². The molecule has 43 heavy (non-hydrogen) atoms. The summed E-state index contributed by atoms with van der Waals surface area (Å²) in [7, 11) is 0. The third-order valence-corrected chi connectivity index (χ3v) is 8.65. The van der Waals surface area contributed by atoms with Crippen molar-refractivity contribution in [3.8, 4) is 17.0 Å². The largest absolute Gasteiger partial charge is 0.493 e. The fourth-order valence-corrected chi connectivity index (χ4v) is 6.52. The summed E-state index contributed by atoms with van der Waals surface area (Å²) in [5.41, 5.74) is 1.53. The second kappa shape index (κ2) is 10.1. The van der Waals surface area contributed by atoms with E-state index in [4.69, 9.17) is 9.26 Å². The van der Waals surface area contributed by atoms with Gasteiger partial charge in [0.05, 0.1) is 12.1 Å². The molecular weight excluding hydrogens is 561 g/mol.